The highest BCUT2D eigenvalue weighted by atomic mass is 19.4. The van der Waals surface area contributed by atoms with Gasteiger partial charge in [-0.3, -0.25) is 4.79 Å². The quantitative estimate of drug-likeness (QED) is 0.925. The predicted octanol–water partition coefficient (Wildman–Crippen LogP) is 2.98. The van der Waals surface area contributed by atoms with Crippen LogP contribution in [0, 0.1) is 11.3 Å². The molecule has 1 amide bonds. The minimum Gasteiger partial charge on any atom is -0.381 e. The van der Waals surface area contributed by atoms with Crippen LogP contribution in [0.2, 0.25) is 0 Å². The van der Waals surface area contributed by atoms with Crippen molar-refractivity contribution in [3.63, 3.8) is 0 Å². The van der Waals surface area contributed by atoms with Crippen molar-refractivity contribution in [1.29, 1.82) is 5.26 Å². The van der Waals surface area contributed by atoms with Crippen LogP contribution in [0.1, 0.15) is 35.2 Å². The van der Waals surface area contributed by atoms with Crippen LogP contribution in [-0.4, -0.2) is 30.8 Å². The molecular weight excluding hydrogens is 309 g/mol. The zero-order chi connectivity index (χ0) is 16.9. The van der Waals surface area contributed by atoms with Gasteiger partial charge >= 0.3 is 6.18 Å². The molecular formula is C16H17F3N2O2. The molecule has 1 aromatic rings. The third kappa shape index (κ3) is 4.96. The van der Waals surface area contributed by atoms with E-state index in [0.717, 1.165) is 0 Å². The molecule has 1 heterocycles. The summed E-state index contributed by atoms with van der Waals surface area (Å²) in [5.41, 5.74) is -0.105. The first-order valence-electron chi connectivity index (χ1n) is 7.31. The van der Waals surface area contributed by atoms with Crippen LogP contribution in [0.5, 0.6) is 0 Å². The summed E-state index contributed by atoms with van der Waals surface area (Å²) in [4.78, 5) is 12.2. The lowest BCUT2D eigenvalue weighted by Crippen LogP contribution is -2.50. The minimum atomic E-state index is -4.20. The highest BCUT2D eigenvalue weighted by Crippen LogP contribution is 2.23. The first kappa shape index (κ1) is 17.3. The van der Waals surface area contributed by atoms with Gasteiger partial charge in [-0.15, -0.1) is 0 Å². The second-order valence-corrected chi connectivity index (χ2v) is 5.57. The molecule has 23 heavy (non-hydrogen) atoms. The van der Waals surface area contributed by atoms with Crippen molar-refractivity contribution in [2.75, 3.05) is 13.2 Å². The Balaban J connectivity index is 1.98. The normalized spacial score (nSPS) is 17.3. The van der Waals surface area contributed by atoms with Crippen LogP contribution in [0.3, 0.4) is 0 Å². The van der Waals surface area contributed by atoms with Crippen molar-refractivity contribution in [2.24, 2.45) is 0 Å². The van der Waals surface area contributed by atoms with E-state index in [1.54, 1.807) is 0 Å². The molecule has 124 valence electrons. The van der Waals surface area contributed by atoms with Crippen LogP contribution >= 0.6 is 0 Å². The molecule has 4 nitrogen and oxygen atoms in total. The van der Waals surface area contributed by atoms with E-state index in [0.29, 0.717) is 37.2 Å². The summed E-state index contributed by atoms with van der Waals surface area (Å²) >= 11 is 0. The summed E-state index contributed by atoms with van der Waals surface area (Å²) in [6.07, 6.45) is -4.38. The standard InChI is InChI=1S/C16H17F3N2O2/c17-16(18,19)6-5-12-1-3-13(4-2-12)14(22)21-15(11-20)7-9-23-10-8-15/h1-4H,5-10H2,(H,21,22). The number of aryl methyl sites for hydroxylation is 1. The molecule has 1 aliphatic heterocycles. The summed E-state index contributed by atoms with van der Waals surface area (Å²) < 4.78 is 41.7. The molecule has 0 aliphatic carbocycles. The molecule has 0 bridgehead atoms. The summed E-state index contributed by atoms with van der Waals surface area (Å²) in [7, 11) is 0. The number of amides is 1. The first-order valence-corrected chi connectivity index (χ1v) is 7.31. The minimum absolute atomic E-state index is 0.120. The largest absolute Gasteiger partial charge is 0.389 e. The van der Waals surface area contributed by atoms with Crippen LogP contribution in [0.25, 0.3) is 0 Å². The van der Waals surface area contributed by atoms with Gasteiger partial charge < -0.3 is 10.1 Å². The lowest BCUT2D eigenvalue weighted by atomic mass is 9.91. The average Bonchev–Trinajstić information content (AvgIpc) is 2.53. The van der Waals surface area contributed by atoms with Gasteiger partial charge in [0, 0.05) is 38.0 Å². The van der Waals surface area contributed by atoms with Gasteiger partial charge in [0.05, 0.1) is 6.07 Å². The molecule has 0 aromatic heterocycles. The third-order valence-electron chi connectivity index (χ3n) is 3.83. The Morgan fingerprint density at radius 2 is 1.87 bits per heavy atom. The van der Waals surface area contributed by atoms with Crippen LogP contribution in [0.15, 0.2) is 24.3 Å². The maximum absolute atomic E-state index is 12.2. The molecule has 1 N–H and O–H groups in total. The number of benzene rings is 1. The van der Waals surface area contributed by atoms with E-state index in [1.165, 1.54) is 24.3 Å². The fourth-order valence-electron chi connectivity index (χ4n) is 2.38. The number of nitrogens with one attached hydrogen (secondary N) is 1. The summed E-state index contributed by atoms with van der Waals surface area (Å²) in [6, 6.07) is 8.09. The molecule has 1 aromatic carbocycles. The number of ether oxygens (including phenoxy) is 1. The molecule has 7 heteroatoms. The average molecular weight is 326 g/mol. The number of alkyl halides is 3. The summed E-state index contributed by atoms with van der Waals surface area (Å²) in [5, 5.41) is 12.0. The highest BCUT2D eigenvalue weighted by Gasteiger charge is 2.34. The Kier molecular flexibility index (Phi) is 5.26. The lowest BCUT2D eigenvalue weighted by Gasteiger charge is -2.31. The Morgan fingerprint density at radius 1 is 1.26 bits per heavy atom. The van der Waals surface area contributed by atoms with E-state index in [9.17, 15) is 23.2 Å². The van der Waals surface area contributed by atoms with E-state index in [2.05, 4.69) is 11.4 Å². The SMILES string of the molecule is N#CC1(NC(=O)c2ccc(CCC(F)(F)F)cc2)CCOCC1. The molecule has 1 fully saturated rings. The second kappa shape index (κ2) is 7.01. The number of nitriles is 1. The highest BCUT2D eigenvalue weighted by molar-refractivity contribution is 5.95. The summed E-state index contributed by atoms with van der Waals surface area (Å²) in [6.45, 7) is 0.814. The molecule has 0 radical (unpaired) electrons. The molecule has 0 saturated carbocycles. The molecule has 0 atom stereocenters. The van der Waals surface area contributed by atoms with Crippen LogP contribution in [-0.2, 0) is 11.2 Å². The smallest absolute Gasteiger partial charge is 0.381 e. The zero-order valence-electron chi connectivity index (χ0n) is 12.4. The second-order valence-electron chi connectivity index (χ2n) is 5.57. The van der Waals surface area contributed by atoms with Gasteiger partial charge in [-0.05, 0) is 24.1 Å². The number of carbonyl (C=O) groups is 1. The maximum atomic E-state index is 12.2. The number of carbonyl (C=O) groups excluding carboxylic acids is 1. The van der Waals surface area contributed by atoms with Crippen molar-refractivity contribution in [3.8, 4) is 6.07 Å². The molecule has 2 rings (SSSR count). The van der Waals surface area contributed by atoms with Gasteiger partial charge in [0.25, 0.3) is 5.91 Å². The van der Waals surface area contributed by atoms with Gasteiger partial charge in [-0.1, -0.05) is 12.1 Å². The fourth-order valence-corrected chi connectivity index (χ4v) is 2.38. The summed E-state index contributed by atoms with van der Waals surface area (Å²) in [5.74, 6) is -0.407. The monoisotopic (exact) mass is 326 g/mol. The number of halogens is 3. The van der Waals surface area contributed by atoms with Crippen molar-refractivity contribution >= 4 is 5.91 Å². The van der Waals surface area contributed by atoms with Crippen molar-refractivity contribution in [3.05, 3.63) is 35.4 Å². The van der Waals surface area contributed by atoms with E-state index in [-0.39, 0.29) is 6.42 Å². The van der Waals surface area contributed by atoms with Crippen LogP contribution in [0.4, 0.5) is 13.2 Å². The Morgan fingerprint density at radius 3 is 2.39 bits per heavy atom. The lowest BCUT2D eigenvalue weighted by molar-refractivity contribution is -0.134. The van der Waals surface area contributed by atoms with Gasteiger partial charge in [0.2, 0.25) is 0 Å². The molecule has 1 aliphatic rings. The van der Waals surface area contributed by atoms with E-state index >= 15 is 0 Å². The van der Waals surface area contributed by atoms with Crippen molar-refractivity contribution in [2.45, 2.75) is 37.4 Å². The van der Waals surface area contributed by atoms with Gasteiger partial charge in [0.15, 0.2) is 0 Å². The van der Waals surface area contributed by atoms with E-state index < -0.39 is 24.0 Å². The molecule has 1 saturated heterocycles. The predicted molar refractivity (Wildman–Crippen MR) is 76.7 cm³/mol. The third-order valence-corrected chi connectivity index (χ3v) is 3.83. The molecule has 0 spiro atoms. The maximum Gasteiger partial charge on any atom is 0.389 e. The fraction of sp³-hybridized carbons (Fsp3) is 0.500. The van der Waals surface area contributed by atoms with E-state index in [1.807, 2.05) is 0 Å². The Hall–Kier alpha value is -2.07. The van der Waals surface area contributed by atoms with Gasteiger partial charge in [-0.25, -0.2) is 0 Å². The van der Waals surface area contributed by atoms with E-state index in [4.69, 9.17) is 4.74 Å². The Bertz CT molecular complexity index is 585. The van der Waals surface area contributed by atoms with Gasteiger partial charge in [0.1, 0.15) is 5.54 Å². The Labute approximate surface area is 132 Å². The van der Waals surface area contributed by atoms with Gasteiger partial charge in [-0.2, -0.15) is 18.4 Å². The topological polar surface area (TPSA) is 62.1 Å². The first-order chi connectivity index (χ1) is 10.8. The number of nitrogens with zero attached hydrogens (tertiary/aromatic N) is 1. The van der Waals surface area contributed by atoms with Crippen molar-refractivity contribution < 1.29 is 22.7 Å². The molecule has 0 unspecified atom stereocenters. The van der Waals surface area contributed by atoms with Crippen LogP contribution < -0.4 is 5.32 Å². The number of rotatable bonds is 4. The number of hydrogen-bond donors (Lipinski definition) is 1. The number of hydrogen-bond acceptors (Lipinski definition) is 3. The van der Waals surface area contributed by atoms with Crippen molar-refractivity contribution in [1.82, 2.24) is 5.32 Å². The zero-order valence-corrected chi connectivity index (χ0v) is 12.4.